The molecule has 1 N–H and O–H groups in total. The molecule has 3 aliphatic carbocycles. The summed E-state index contributed by atoms with van der Waals surface area (Å²) in [4.78, 5) is 52.9. The summed E-state index contributed by atoms with van der Waals surface area (Å²) in [6, 6.07) is 2.96. The highest BCUT2D eigenvalue weighted by Gasteiger charge is 2.55. The summed E-state index contributed by atoms with van der Waals surface area (Å²) in [7, 11) is 1.39. The van der Waals surface area contributed by atoms with Crippen LogP contribution in [-0.2, 0) is 19.2 Å². The second-order valence-corrected chi connectivity index (χ2v) is 9.23. The molecule has 7 nitrogen and oxygen atoms in total. The van der Waals surface area contributed by atoms with Gasteiger partial charge in [0.25, 0.3) is 0 Å². The number of Topliss-reactive ketones (excluding diaryl/α,β-unsaturated/α-hetero) is 1. The number of benzene rings is 1. The number of hydrogen-bond donors (Lipinski definition) is 1. The van der Waals surface area contributed by atoms with Crippen molar-refractivity contribution in [1.29, 1.82) is 0 Å². The monoisotopic (exact) mass is 487 g/mol. The van der Waals surface area contributed by atoms with Gasteiger partial charge < -0.3 is 9.84 Å². The second-order valence-electron chi connectivity index (χ2n) is 9.23. The number of allylic oxidation sites excluding steroid dienone is 6. The largest absolute Gasteiger partial charge is 0.573 e. The number of nitrogens with zero attached hydrogens (tertiary/aromatic N) is 1. The third-order valence-corrected chi connectivity index (χ3v) is 7.33. The molecule has 1 fully saturated rings. The molecule has 5 rings (SSSR count). The van der Waals surface area contributed by atoms with Gasteiger partial charge in [0.1, 0.15) is 11.5 Å². The lowest BCUT2D eigenvalue weighted by molar-refractivity contribution is -0.274. The Morgan fingerprint density at radius 1 is 1.09 bits per heavy atom. The van der Waals surface area contributed by atoms with Crippen molar-refractivity contribution in [2.45, 2.75) is 32.0 Å². The average molecular weight is 487 g/mol. The fraction of sp³-hybridized carbons (Fsp3) is 0.360. The summed E-state index contributed by atoms with van der Waals surface area (Å²) >= 11 is 0. The first-order valence-electron chi connectivity index (χ1n) is 11.0. The van der Waals surface area contributed by atoms with Gasteiger partial charge in [-0.15, -0.1) is 13.2 Å². The van der Waals surface area contributed by atoms with E-state index >= 15 is 0 Å². The Morgan fingerprint density at radius 3 is 2.49 bits per heavy atom. The van der Waals surface area contributed by atoms with Crippen molar-refractivity contribution < 1.29 is 42.2 Å². The van der Waals surface area contributed by atoms with E-state index in [0.29, 0.717) is 5.57 Å². The molecule has 0 bridgehead atoms. The van der Waals surface area contributed by atoms with Crippen molar-refractivity contribution >= 4 is 23.4 Å². The van der Waals surface area contributed by atoms with E-state index in [1.807, 2.05) is 0 Å². The highest BCUT2D eigenvalue weighted by Crippen LogP contribution is 2.56. The van der Waals surface area contributed by atoms with Gasteiger partial charge in [-0.1, -0.05) is 11.6 Å². The van der Waals surface area contributed by atoms with E-state index in [2.05, 4.69) is 4.74 Å². The maximum absolute atomic E-state index is 13.1. The van der Waals surface area contributed by atoms with Gasteiger partial charge in [0.05, 0.1) is 11.8 Å². The van der Waals surface area contributed by atoms with E-state index in [1.54, 1.807) is 6.08 Å². The molecule has 35 heavy (non-hydrogen) atoms. The summed E-state index contributed by atoms with van der Waals surface area (Å²) in [6.07, 6.45) is -1.86. The molecular formula is C25H20F3NO6. The van der Waals surface area contributed by atoms with Gasteiger partial charge in [-0.2, -0.15) is 0 Å². The van der Waals surface area contributed by atoms with Gasteiger partial charge in [-0.3, -0.25) is 24.1 Å². The molecule has 0 saturated carbocycles. The molecule has 4 aliphatic rings. The number of amides is 2. The summed E-state index contributed by atoms with van der Waals surface area (Å²) < 4.78 is 42.7. The van der Waals surface area contributed by atoms with Crippen molar-refractivity contribution in [3.63, 3.8) is 0 Å². The third kappa shape index (κ3) is 3.50. The van der Waals surface area contributed by atoms with Crippen molar-refractivity contribution in [3.8, 4) is 11.5 Å². The van der Waals surface area contributed by atoms with Crippen LogP contribution in [0.5, 0.6) is 11.5 Å². The highest BCUT2D eigenvalue weighted by atomic mass is 19.4. The summed E-state index contributed by atoms with van der Waals surface area (Å²) in [6.45, 7) is 1.49. The van der Waals surface area contributed by atoms with Crippen molar-refractivity contribution in [1.82, 2.24) is 4.90 Å². The number of rotatable bonds is 2. The molecule has 0 aromatic heterocycles. The van der Waals surface area contributed by atoms with Crippen LogP contribution in [0, 0.1) is 17.8 Å². The number of hydrogen-bond acceptors (Lipinski definition) is 6. The SMILES string of the molecule is CC1=CC(=O)C2=C(C[C@@H]3C(=CC[C@@H]4C(=O)N(C)C(=O)[C@@H]43)[C@@H]2c2cc(OC(F)(F)F)ccc2O)C1=O. The number of carbonyl (C=O) groups excluding carboxylic acids is 4. The smallest absolute Gasteiger partial charge is 0.508 e. The number of aromatic hydroxyl groups is 1. The first-order chi connectivity index (χ1) is 16.4. The molecule has 0 unspecified atom stereocenters. The van der Waals surface area contributed by atoms with Crippen LogP contribution in [0.2, 0.25) is 0 Å². The zero-order chi connectivity index (χ0) is 25.4. The Balaban J connectivity index is 1.71. The summed E-state index contributed by atoms with van der Waals surface area (Å²) in [5.41, 5.74) is 0.893. The average Bonchev–Trinajstić information content (AvgIpc) is 3.00. The lowest BCUT2D eigenvalue weighted by Gasteiger charge is -2.42. The van der Waals surface area contributed by atoms with E-state index in [4.69, 9.17) is 0 Å². The number of alkyl halides is 3. The molecule has 0 radical (unpaired) electrons. The number of carbonyl (C=O) groups is 4. The van der Waals surface area contributed by atoms with Gasteiger partial charge in [-0.25, -0.2) is 0 Å². The van der Waals surface area contributed by atoms with E-state index < -0.39 is 59.0 Å². The fourth-order valence-corrected chi connectivity index (χ4v) is 5.86. The second kappa shape index (κ2) is 7.66. The standard InChI is InChI=1S/C25H20F3NO6/c1-10-7-18(31)21-16(22(10)32)9-14-12(4-5-13-20(14)24(34)29(2)23(13)33)19(21)15-8-11(3-6-17(15)30)35-25(26,27)28/h3-4,6-8,13-14,19-20,30H,5,9H2,1-2H3/t13-,14+,19+,20-/m0/s1. The van der Waals surface area contributed by atoms with Crippen molar-refractivity contribution in [2.24, 2.45) is 17.8 Å². The van der Waals surface area contributed by atoms with Crippen LogP contribution in [0.4, 0.5) is 13.2 Å². The molecule has 4 atom stereocenters. The van der Waals surface area contributed by atoms with Gasteiger partial charge in [0.2, 0.25) is 11.8 Å². The van der Waals surface area contributed by atoms with Crippen LogP contribution in [0.15, 0.2) is 52.6 Å². The first-order valence-corrected chi connectivity index (χ1v) is 11.0. The number of fused-ring (bicyclic) bond motifs is 3. The lowest BCUT2D eigenvalue weighted by Crippen LogP contribution is -2.39. The predicted octanol–water partition coefficient (Wildman–Crippen LogP) is 3.35. The number of ketones is 2. The number of ether oxygens (including phenoxy) is 1. The molecule has 10 heteroatoms. The van der Waals surface area contributed by atoms with Gasteiger partial charge >= 0.3 is 6.36 Å². The van der Waals surface area contributed by atoms with Crippen LogP contribution < -0.4 is 4.74 Å². The Labute approximate surface area is 197 Å². The Morgan fingerprint density at radius 2 is 1.80 bits per heavy atom. The van der Waals surface area contributed by atoms with E-state index in [1.165, 1.54) is 20.0 Å². The number of imide groups is 1. The maximum atomic E-state index is 13.1. The quantitative estimate of drug-likeness (QED) is 0.390. The minimum absolute atomic E-state index is 0.0426. The van der Waals surface area contributed by atoms with Crippen LogP contribution in [-0.4, -0.2) is 46.8 Å². The van der Waals surface area contributed by atoms with Crippen LogP contribution in [0.25, 0.3) is 0 Å². The zero-order valence-electron chi connectivity index (χ0n) is 18.7. The Kier molecular flexibility index (Phi) is 5.05. The molecule has 1 heterocycles. The fourth-order valence-electron chi connectivity index (χ4n) is 5.86. The minimum Gasteiger partial charge on any atom is -0.508 e. The first kappa shape index (κ1) is 23.1. The molecule has 1 aromatic rings. The molecule has 2 amide bonds. The highest BCUT2D eigenvalue weighted by molar-refractivity contribution is 6.23. The maximum Gasteiger partial charge on any atom is 0.573 e. The lowest BCUT2D eigenvalue weighted by atomic mass is 9.59. The number of likely N-dealkylation sites (tertiary alicyclic amines) is 1. The Bertz CT molecular complexity index is 1300. The van der Waals surface area contributed by atoms with Crippen LogP contribution >= 0.6 is 0 Å². The predicted molar refractivity (Wildman–Crippen MR) is 114 cm³/mol. The van der Waals surface area contributed by atoms with E-state index in [-0.39, 0.29) is 41.0 Å². The molecule has 182 valence electrons. The number of halogens is 3. The van der Waals surface area contributed by atoms with Crippen molar-refractivity contribution in [3.05, 3.63) is 58.2 Å². The molecule has 1 aromatic carbocycles. The van der Waals surface area contributed by atoms with E-state index in [0.717, 1.165) is 23.1 Å². The minimum atomic E-state index is -4.98. The van der Waals surface area contributed by atoms with Crippen molar-refractivity contribution in [2.75, 3.05) is 7.05 Å². The number of phenolic OH excluding ortho intramolecular Hbond substituents is 1. The number of phenols is 1. The normalized spacial score (nSPS) is 28.4. The van der Waals surface area contributed by atoms with Crippen LogP contribution in [0.1, 0.15) is 31.2 Å². The third-order valence-electron chi connectivity index (χ3n) is 7.33. The topological polar surface area (TPSA) is 101 Å². The van der Waals surface area contributed by atoms with Gasteiger partial charge in [-0.05, 0) is 50.0 Å². The molecule has 1 saturated heterocycles. The molecule has 0 spiro atoms. The van der Waals surface area contributed by atoms with E-state index in [9.17, 15) is 37.5 Å². The van der Waals surface area contributed by atoms with Gasteiger partial charge in [0.15, 0.2) is 11.6 Å². The molecule has 1 aliphatic heterocycles. The Hall–Kier alpha value is -3.69. The molecular weight excluding hydrogens is 467 g/mol. The summed E-state index contributed by atoms with van der Waals surface area (Å²) in [5, 5.41) is 10.7. The van der Waals surface area contributed by atoms with Gasteiger partial charge in [0, 0.05) is 35.2 Å². The zero-order valence-corrected chi connectivity index (χ0v) is 18.7. The van der Waals surface area contributed by atoms with Crippen LogP contribution in [0.3, 0.4) is 0 Å². The summed E-state index contributed by atoms with van der Waals surface area (Å²) in [5.74, 6) is -5.72.